The summed E-state index contributed by atoms with van der Waals surface area (Å²) in [5.41, 5.74) is -0.0735. The van der Waals surface area contributed by atoms with Crippen molar-refractivity contribution in [1.29, 1.82) is 0 Å². The normalized spacial score (nSPS) is 10.2. The van der Waals surface area contributed by atoms with Gasteiger partial charge in [0.2, 0.25) is 0 Å². The molecule has 2 rings (SSSR count). The zero-order chi connectivity index (χ0) is 17.0. The summed E-state index contributed by atoms with van der Waals surface area (Å²) in [5.74, 6) is -1.88. The average Bonchev–Trinajstić information content (AvgIpc) is 2.50. The lowest BCUT2D eigenvalue weighted by molar-refractivity contribution is -0.120. The molecule has 0 bridgehead atoms. The Morgan fingerprint density at radius 2 is 2.04 bits per heavy atom. The summed E-state index contributed by atoms with van der Waals surface area (Å²) in [6.45, 7) is 1.29. The van der Waals surface area contributed by atoms with E-state index in [1.165, 1.54) is 12.3 Å². The maximum Gasteiger partial charge on any atom is 0.341 e. The Morgan fingerprint density at radius 1 is 1.30 bits per heavy atom. The van der Waals surface area contributed by atoms with Crippen LogP contribution in [0.5, 0.6) is 0 Å². The van der Waals surface area contributed by atoms with Crippen LogP contribution < -0.4 is 15.7 Å². The zero-order valence-corrected chi connectivity index (χ0v) is 12.8. The van der Waals surface area contributed by atoms with Gasteiger partial charge in [0, 0.05) is 16.9 Å². The number of halogens is 1. The van der Waals surface area contributed by atoms with Crippen molar-refractivity contribution in [1.82, 2.24) is 4.73 Å². The minimum Gasteiger partial charge on any atom is -0.477 e. The number of benzene rings is 1. The number of amides is 1. The second-order valence-electron chi connectivity index (χ2n) is 4.59. The van der Waals surface area contributed by atoms with Gasteiger partial charge >= 0.3 is 5.97 Å². The Bertz CT molecular complexity index is 816. The molecule has 7 nitrogen and oxygen atoms in total. The van der Waals surface area contributed by atoms with Crippen molar-refractivity contribution >= 4 is 29.2 Å². The van der Waals surface area contributed by atoms with Crippen molar-refractivity contribution in [2.24, 2.45) is 0 Å². The van der Waals surface area contributed by atoms with E-state index in [2.05, 4.69) is 5.32 Å². The van der Waals surface area contributed by atoms with E-state index in [9.17, 15) is 14.4 Å². The van der Waals surface area contributed by atoms with Gasteiger partial charge < -0.3 is 15.3 Å². The van der Waals surface area contributed by atoms with Gasteiger partial charge in [0.1, 0.15) is 5.56 Å². The number of pyridine rings is 1. The highest BCUT2D eigenvalue weighted by molar-refractivity contribution is 6.31. The minimum atomic E-state index is -1.37. The molecular formula is C15H13ClN2O5. The maximum atomic E-state index is 11.9. The van der Waals surface area contributed by atoms with Crippen LogP contribution in [0.25, 0.3) is 0 Å². The third-order valence-electron chi connectivity index (χ3n) is 3.02. The van der Waals surface area contributed by atoms with E-state index in [1.807, 2.05) is 0 Å². The Kier molecular flexibility index (Phi) is 5.02. The quantitative estimate of drug-likeness (QED) is 0.863. The number of rotatable bonds is 5. The predicted octanol–water partition coefficient (Wildman–Crippen LogP) is 1.58. The Labute approximate surface area is 136 Å². The van der Waals surface area contributed by atoms with Gasteiger partial charge in [0.15, 0.2) is 6.61 Å². The number of nitrogens with zero attached hydrogens (tertiary/aromatic N) is 1. The smallest absolute Gasteiger partial charge is 0.341 e. The summed E-state index contributed by atoms with van der Waals surface area (Å²) in [6, 6.07) is 7.55. The Balaban J connectivity index is 2.05. The van der Waals surface area contributed by atoms with E-state index >= 15 is 0 Å². The molecule has 8 heteroatoms. The van der Waals surface area contributed by atoms with Crippen molar-refractivity contribution in [3.63, 3.8) is 0 Å². The first-order valence-corrected chi connectivity index (χ1v) is 6.91. The minimum absolute atomic E-state index is 0.446. The standard InChI is InChI=1S/C15H13ClN2O5/c1-9-11(16)5-2-6-12(9)17-13(19)8-23-18-7-3-4-10(14(18)20)15(21)22/h2-7H,8H2,1H3,(H,17,19)(H,21,22). The SMILES string of the molecule is Cc1c(Cl)cccc1NC(=O)COn1cccc(C(=O)O)c1=O. The van der Waals surface area contributed by atoms with Gasteiger partial charge in [-0.05, 0) is 36.8 Å². The molecule has 0 aliphatic heterocycles. The number of carboxylic acid groups (broad SMARTS) is 1. The van der Waals surface area contributed by atoms with Crippen molar-refractivity contribution in [3.8, 4) is 0 Å². The van der Waals surface area contributed by atoms with Gasteiger partial charge in [0.05, 0.1) is 0 Å². The van der Waals surface area contributed by atoms with Crippen molar-refractivity contribution < 1.29 is 19.5 Å². The zero-order valence-electron chi connectivity index (χ0n) is 12.1. The molecule has 1 amide bonds. The van der Waals surface area contributed by atoms with Crippen LogP contribution in [0.1, 0.15) is 15.9 Å². The number of anilines is 1. The lowest BCUT2D eigenvalue weighted by Crippen LogP contribution is -2.34. The van der Waals surface area contributed by atoms with Crippen molar-refractivity contribution in [2.75, 3.05) is 11.9 Å². The van der Waals surface area contributed by atoms with Crippen LogP contribution in [-0.4, -0.2) is 28.3 Å². The molecule has 2 N–H and O–H groups in total. The van der Waals surface area contributed by atoms with E-state index in [0.29, 0.717) is 21.0 Å². The lowest BCUT2D eigenvalue weighted by atomic mass is 10.2. The lowest BCUT2D eigenvalue weighted by Gasteiger charge is -2.11. The first-order chi connectivity index (χ1) is 10.9. The summed E-state index contributed by atoms with van der Waals surface area (Å²) >= 11 is 5.95. The van der Waals surface area contributed by atoms with Crippen LogP contribution in [0, 0.1) is 6.92 Å². The number of carboxylic acids is 1. The molecule has 0 fully saturated rings. The molecule has 1 aromatic heterocycles. The molecular weight excluding hydrogens is 324 g/mol. The van der Waals surface area contributed by atoms with Gasteiger partial charge in [-0.2, -0.15) is 4.73 Å². The van der Waals surface area contributed by atoms with E-state index < -0.39 is 29.6 Å². The highest BCUT2D eigenvalue weighted by Gasteiger charge is 2.12. The Morgan fingerprint density at radius 3 is 2.74 bits per heavy atom. The first-order valence-electron chi connectivity index (χ1n) is 6.53. The van der Waals surface area contributed by atoms with Crippen LogP contribution >= 0.6 is 11.6 Å². The van der Waals surface area contributed by atoms with Crippen molar-refractivity contribution in [3.05, 3.63) is 63.0 Å². The van der Waals surface area contributed by atoms with Crippen molar-refractivity contribution in [2.45, 2.75) is 6.92 Å². The average molecular weight is 337 g/mol. The number of hydrogen-bond acceptors (Lipinski definition) is 4. The number of hydrogen-bond donors (Lipinski definition) is 2. The molecule has 0 atom stereocenters. The van der Waals surface area contributed by atoms with Crippen LogP contribution in [0.15, 0.2) is 41.3 Å². The number of nitrogens with one attached hydrogen (secondary N) is 1. The van der Waals surface area contributed by atoms with E-state index in [0.717, 1.165) is 6.07 Å². The molecule has 1 heterocycles. The molecule has 0 unspecified atom stereocenters. The van der Waals surface area contributed by atoms with Crippen LogP contribution in [0.4, 0.5) is 5.69 Å². The third-order valence-corrected chi connectivity index (χ3v) is 3.43. The molecule has 0 aliphatic rings. The second kappa shape index (κ2) is 6.97. The fourth-order valence-electron chi connectivity index (χ4n) is 1.80. The molecule has 0 aliphatic carbocycles. The Hall–Kier alpha value is -2.80. The molecule has 2 aromatic rings. The topological polar surface area (TPSA) is 97.6 Å². The third kappa shape index (κ3) is 3.89. The molecule has 1 aromatic carbocycles. The molecule has 120 valence electrons. The predicted molar refractivity (Wildman–Crippen MR) is 83.9 cm³/mol. The highest BCUT2D eigenvalue weighted by atomic mass is 35.5. The fraction of sp³-hybridized carbons (Fsp3) is 0.133. The van der Waals surface area contributed by atoms with E-state index in [-0.39, 0.29) is 0 Å². The summed E-state index contributed by atoms with van der Waals surface area (Å²) in [7, 11) is 0. The van der Waals surface area contributed by atoms with Crippen LogP contribution in [0.3, 0.4) is 0 Å². The molecule has 0 saturated carbocycles. The number of carbonyl (C=O) groups is 2. The molecule has 0 radical (unpaired) electrons. The summed E-state index contributed by atoms with van der Waals surface area (Å²) in [6.07, 6.45) is 1.23. The second-order valence-corrected chi connectivity index (χ2v) is 5.00. The first kappa shape index (κ1) is 16.6. The van der Waals surface area contributed by atoms with Crippen LogP contribution in [-0.2, 0) is 4.79 Å². The summed E-state index contributed by atoms with van der Waals surface area (Å²) in [5, 5.41) is 12.0. The number of aromatic carboxylic acids is 1. The van der Waals surface area contributed by atoms with E-state index in [1.54, 1.807) is 25.1 Å². The summed E-state index contributed by atoms with van der Waals surface area (Å²) < 4.78 is 0.702. The molecule has 0 spiro atoms. The monoisotopic (exact) mass is 336 g/mol. The number of carbonyl (C=O) groups excluding carboxylic acids is 1. The molecule has 0 saturated heterocycles. The summed E-state index contributed by atoms with van der Waals surface area (Å²) in [4.78, 5) is 39.5. The molecule has 23 heavy (non-hydrogen) atoms. The van der Waals surface area contributed by atoms with Gasteiger partial charge in [-0.15, -0.1) is 0 Å². The fourth-order valence-corrected chi connectivity index (χ4v) is 1.97. The highest BCUT2D eigenvalue weighted by Crippen LogP contribution is 2.22. The van der Waals surface area contributed by atoms with Gasteiger partial charge in [-0.25, -0.2) is 4.79 Å². The van der Waals surface area contributed by atoms with Gasteiger partial charge in [-0.1, -0.05) is 17.7 Å². The van der Waals surface area contributed by atoms with E-state index in [4.69, 9.17) is 21.5 Å². The van der Waals surface area contributed by atoms with Gasteiger partial charge in [0.25, 0.3) is 11.5 Å². The van der Waals surface area contributed by atoms with Crippen LogP contribution in [0.2, 0.25) is 5.02 Å². The number of aromatic nitrogens is 1. The largest absolute Gasteiger partial charge is 0.477 e. The maximum absolute atomic E-state index is 11.9. The van der Waals surface area contributed by atoms with Gasteiger partial charge in [-0.3, -0.25) is 9.59 Å².